The third kappa shape index (κ3) is 3.49. The van der Waals surface area contributed by atoms with Crippen LogP contribution < -0.4 is 17.0 Å². The molecule has 1 aromatic carbocycles. The highest BCUT2D eigenvalue weighted by Crippen LogP contribution is 2.25. The Morgan fingerprint density at radius 1 is 1.50 bits per heavy atom. The molecule has 106 valence electrons. The molecule has 0 aliphatic carbocycles. The molecular formula is C12H16N6OS. The second-order valence-corrected chi connectivity index (χ2v) is 5.37. The minimum absolute atomic E-state index is 0.201. The third-order valence-corrected chi connectivity index (χ3v) is 3.72. The van der Waals surface area contributed by atoms with Crippen LogP contribution in [0.1, 0.15) is 16.1 Å². The van der Waals surface area contributed by atoms with Gasteiger partial charge < -0.3 is 5.73 Å². The third-order valence-electron chi connectivity index (χ3n) is 2.65. The summed E-state index contributed by atoms with van der Waals surface area (Å²) >= 11 is 1.64. The first-order chi connectivity index (χ1) is 9.60. The zero-order valence-corrected chi connectivity index (χ0v) is 11.9. The molecule has 0 radical (unpaired) electrons. The van der Waals surface area contributed by atoms with E-state index in [0.717, 1.165) is 21.9 Å². The van der Waals surface area contributed by atoms with E-state index in [1.54, 1.807) is 22.6 Å². The van der Waals surface area contributed by atoms with E-state index in [-0.39, 0.29) is 5.69 Å². The van der Waals surface area contributed by atoms with Crippen LogP contribution in [-0.4, -0.2) is 26.7 Å². The number of thioether (sulfide) groups is 1. The number of aryl methyl sites for hydroxylation is 2. The molecule has 0 aliphatic heterocycles. The number of nitrogens with one attached hydrogen (secondary N) is 1. The molecule has 8 heteroatoms. The van der Waals surface area contributed by atoms with Crippen LogP contribution in [-0.2, 0) is 6.54 Å². The fourth-order valence-electron chi connectivity index (χ4n) is 1.63. The van der Waals surface area contributed by atoms with Crippen molar-refractivity contribution in [3.63, 3.8) is 0 Å². The van der Waals surface area contributed by atoms with Crippen molar-refractivity contribution < 1.29 is 4.79 Å². The van der Waals surface area contributed by atoms with E-state index in [2.05, 4.69) is 10.3 Å². The van der Waals surface area contributed by atoms with Crippen LogP contribution in [0, 0.1) is 6.92 Å². The lowest BCUT2D eigenvalue weighted by molar-refractivity contribution is 0.0948. The minimum Gasteiger partial charge on any atom is -0.398 e. The number of carbonyl (C=O) groups is 1. The van der Waals surface area contributed by atoms with Crippen LogP contribution in [0.5, 0.6) is 0 Å². The SMILES string of the molecule is Cc1ccc(SCCn2cc(C(=O)NN)nn2)c(N)c1. The molecule has 2 rings (SSSR count). The van der Waals surface area contributed by atoms with Gasteiger partial charge in [0.1, 0.15) is 0 Å². The predicted octanol–water partition coefficient (Wildman–Crippen LogP) is 0.565. The van der Waals surface area contributed by atoms with Crippen molar-refractivity contribution in [2.75, 3.05) is 11.5 Å². The fourth-order valence-corrected chi connectivity index (χ4v) is 2.52. The Labute approximate surface area is 120 Å². The molecule has 5 N–H and O–H groups in total. The lowest BCUT2D eigenvalue weighted by atomic mass is 10.2. The first-order valence-corrected chi connectivity index (χ1v) is 6.98. The average Bonchev–Trinajstić information content (AvgIpc) is 2.89. The maximum Gasteiger partial charge on any atom is 0.287 e. The molecule has 0 bridgehead atoms. The second-order valence-electron chi connectivity index (χ2n) is 4.23. The van der Waals surface area contributed by atoms with Crippen LogP contribution in [0.15, 0.2) is 29.3 Å². The Hall–Kier alpha value is -2.06. The van der Waals surface area contributed by atoms with E-state index in [0.29, 0.717) is 6.54 Å². The van der Waals surface area contributed by atoms with Crippen LogP contribution in [0.25, 0.3) is 0 Å². The number of hydrazine groups is 1. The summed E-state index contributed by atoms with van der Waals surface area (Å²) in [6.07, 6.45) is 1.56. The molecule has 0 aliphatic rings. The van der Waals surface area contributed by atoms with Gasteiger partial charge in [0.2, 0.25) is 0 Å². The lowest BCUT2D eigenvalue weighted by Crippen LogP contribution is -2.30. The van der Waals surface area contributed by atoms with Crippen molar-refractivity contribution in [2.45, 2.75) is 18.4 Å². The normalized spacial score (nSPS) is 10.5. The van der Waals surface area contributed by atoms with E-state index >= 15 is 0 Å². The second kappa shape index (κ2) is 6.40. The van der Waals surface area contributed by atoms with Gasteiger partial charge in [0.25, 0.3) is 5.91 Å². The number of anilines is 1. The van der Waals surface area contributed by atoms with Crippen molar-refractivity contribution >= 4 is 23.4 Å². The summed E-state index contributed by atoms with van der Waals surface area (Å²) in [7, 11) is 0. The van der Waals surface area contributed by atoms with Crippen molar-refractivity contribution in [3.05, 3.63) is 35.7 Å². The largest absolute Gasteiger partial charge is 0.398 e. The standard InChI is InChI=1S/C12H16N6OS/c1-8-2-3-11(9(13)6-8)20-5-4-18-7-10(16-17-18)12(19)15-14/h2-3,6-7H,4-5,13-14H2,1H3,(H,15,19). The van der Waals surface area contributed by atoms with Gasteiger partial charge in [-0.05, 0) is 24.6 Å². The predicted molar refractivity (Wildman–Crippen MR) is 78.0 cm³/mol. The molecule has 0 saturated heterocycles. The maximum atomic E-state index is 11.2. The highest BCUT2D eigenvalue weighted by atomic mass is 32.2. The molecule has 1 aromatic heterocycles. The van der Waals surface area contributed by atoms with Gasteiger partial charge in [-0.1, -0.05) is 11.3 Å². The summed E-state index contributed by atoms with van der Waals surface area (Å²) in [4.78, 5) is 12.3. The number of nitrogen functional groups attached to an aromatic ring is 2. The Bertz CT molecular complexity index is 612. The Morgan fingerprint density at radius 2 is 2.30 bits per heavy atom. The zero-order chi connectivity index (χ0) is 14.5. The molecule has 0 fully saturated rings. The summed E-state index contributed by atoms with van der Waals surface area (Å²) in [6, 6.07) is 5.98. The monoisotopic (exact) mass is 292 g/mol. The van der Waals surface area contributed by atoms with E-state index in [1.807, 2.05) is 30.5 Å². The van der Waals surface area contributed by atoms with Gasteiger partial charge >= 0.3 is 0 Å². The molecule has 7 nitrogen and oxygen atoms in total. The number of carbonyl (C=O) groups excluding carboxylic acids is 1. The summed E-state index contributed by atoms with van der Waals surface area (Å²) < 4.78 is 1.60. The molecular weight excluding hydrogens is 276 g/mol. The van der Waals surface area contributed by atoms with Gasteiger partial charge in [-0.2, -0.15) is 0 Å². The van der Waals surface area contributed by atoms with E-state index in [9.17, 15) is 4.79 Å². The Balaban J connectivity index is 1.89. The van der Waals surface area contributed by atoms with Crippen molar-refractivity contribution in [1.29, 1.82) is 0 Å². The maximum absolute atomic E-state index is 11.2. The molecule has 0 unspecified atom stereocenters. The van der Waals surface area contributed by atoms with Crippen LogP contribution >= 0.6 is 11.8 Å². The number of benzene rings is 1. The first kappa shape index (κ1) is 14.4. The molecule has 2 aromatic rings. The van der Waals surface area contributed by atoms with Gasteiger partial charge in [0.05, 0.1) is 12.7 Å². The summed E-state index contributed by atoms with van der Waals surface area (Å²) in [5.41, 5.74) is 10.1. The number of nitrogens with two attached hydrogens (primary N) is 2. The van der Waals surface area contributed by atoms with Crippen LogP contribution in [0.2, 0.25) is 0 Å². The summed E-state index contributed by atoms with van der Waals surface area (Å²) in [6.45, 7) is 2.63. The Morgan fingerprint density at radius 3 is 3.00 bits per heavy atom. The van der Waals surface area contributed by atoms with Gasteiger partial charge in [-0.3, -0.25) is 14.9 Å². The van der Waals surface area contributed by atoms with E-state index in [4.69, 9.17) is 11.6 Å². The average molecular weight is 292 g/mol. The van der Waals surface area contributed by atoms with Gasteiger partial charge in [-0.25, -0.2) is 5.84 Å². The van der Waals surface area contributed by atoms with Gasteiger partial charge in [0.15, 0.2) is 5.69 Å². The van der Waals surface area contributed by atoms with Gasteiger partial charge in [-0.15, -0.1) is 16.9 Å². The van der Waals surface area contributed by atoms with Crippen LogP contribution in [0.3, 0.4) is 0 Å². The number of hydrogen-bond donors (Lipinski definition) is 3. The minimum atomic E-state index is -0.452. The number of aromatic nitrogens is 3. The molecule has 1 amide bonds. The van der Waals surface area contributed by atoms with Gasteiger partial charge in [0, 0.05) is 16.3 Å². The number of nitrogens with zero attached hydrogens (tertiary/aromatic N) is 3. The summed E-state index contributed by atoms with van der Waals surface area (Å²) in [5.74, 6) is 5.35. The number of hydrogen-bond acceptors (Lipinski definition) is 6. The molecule has 1 heterocycles. The lowest BCUT2D eigenvalue weighted by Gasteiger charge is -2.06. The first-order valence-electron chi connectivity index (χ1n) is 6.00. The summed E-state index contributed by atoms with van der Waals surface area (Å²) in [5, 5.41) is 7.59. The molecule has 20 heavy (non-hydrogen) atoms. The smallest absolute Gasteiger partial charge is 0.287 e. The number of amides is 1. The van der Waals surface area contributed by atoms with E-state index in [1.165, 1.54) is 0 Å². The fraction of sp³-hybridized carbons (Fsp3) is 0.250. The van der Waals surface area contributed by atoms with Crippen LogP contribution in [0.4, 0.5) is 5.69 Å². The highest BCUT2D eigenvalue weighted by Gasteiger charge is 2.08. The molecule has 0 saturated carbocycles. The highest BCUT2D eigenvalue weighted by molar-refractivity contribution is 7.99. The van der Waals surface area contributed by atoms with E-state index < -0.39 is 5.91 Å². The number of rotatable bonds is 5. The van der Waals surface area contributed by atoms with Crippen molar-refractivity contribution in [3.8, 4) is 0 Å². The zero-order valence-electron chi connectivity index (χ0n) is 11.0. The van der Waals surface area contributed by atoms with Crippen molar-refractivity contribution in [1.82, 2.24) is 20.4 Å². The molecule has 0 spiro atoms. The van der Waals surface area contributed by atoms with Crippen molar-refractivity contribution in [2.24, 2.45) is 5.84 Å². The quantitative estimate of drug-likeness (QED) is 0.244. The molecule has 0 atom stereocenters. The topological polar surface area (TPSA) is 112 Å². The Kier molecular flexibility index (Phi) is 4.59.